The molecule has 0 radical (unpaired) electrons. The zero-order chi connectivity index (χ0) is 13.0. The molecule has 0 atom stereocenters. The average molecular weight is 241 g/mol. The van der Waals surface area contributed by atoms with Crippen molar-refractivity contribution in [3.05, 3.63) is 59.2 Å². The zero-order valence-electron chi connectivity index (χ0n) is 10.9. The summed E-state index contributed by atoms with van der Waals surface area (Å²) in [7, 11) is 0. The minimum atomic E-state index is 0.660. The molecule has 0 heterocycles. The van der Waals surface area contributed by atoms with Crippen LogP contribution in [0.2, 0.25) is 0 Å². The lowest BCUT2D eigenvalue weighted by molar-refractivity contribution is 0.474. The van der Waals surface area contributed by atoms with Crippen LogP contribution in [0.4, 0.5) is 0 Å². The van der Waals surface area contributed by atoms with Gasteiger partial charge in [-0.25, -0.2) is 0 Å². The highest BCUT2D eigenvalue weighted by Gasteiger charge is 2.04. The molecule has 0 saturated carbocycles. The van der Waals surface area contributed by atoms with Crippen molar-refractivity contribution >= 4 is 0 Å². The van der Waals surface area contributed by atoms with Crippen LogP contribution in [0, 0.1) is 13.8 Å². The molecule has 2 heteroatoms. The Morgan fingerprint density at radius 2 is 1.67 bits per heavy atom. The summed E-state index contributed by atoms with van der Waals surface area (Å²) >= 11 is 0. The molecule has 2 nitrogen and oxygen atoms in total. The molecule has 18 heavy (non-hydrogen) atoms. The Kier molecular flexibility index (Phi) is 4.00. The second kappa shape index (κ2) is 5.69. The molecule has 0 aliphatic heterocycles. The first-order valence-corrected chi connectivity index (χ1v) is 6.24. The number of aryl methyl sites for hydroxylation is 2. The molecule has 0 fully saturated rings. The fraction of sp³-hybridized carbons (Fsp3) is 0.250. The second-order valence-corrected chi connectivity index (χ2v) is 4.51. The van der Waals surface area contributed by atoms with E-state index in [4.69, 9.17) is 10.5 Å². The molecule has 0 aromatic heterocycles. The highest BCUT2D eigenvalue weighted by atomic mass is 16.5. The molecule has 94 valence electrons. The van der Waals surface area contributed by atoms with Crippen LogP contribution in [0.3, 0.4) is 0 Å². The third-order valence-corrected chi connectivity index (χ3v) is 3.00. The minimum Gasteiger partial charge on any atom is -0.457 e. The first-order chi connectivity index (χ1) is 8.70. The van der Waals surface area contributed by atoms with E-state index in [0.29, 0.717) is 6.54 Å². The second-order valence-electron chi connectivity index (χ2n) is 4.51. The summed E-state index contributed by atoms with van der Waals surface area (Å²) in [5.74, 6) is 1.82. The average Bonchev–Trinajstić information content (AvgIpc) is 2.36. The molecule has 0 spiro atoms. The van der Waals surface area contributed by atoms with E-state index < -0.39 is 0 Å². The van der Waals surface area contributed by atoms with Crippen LogP contribution in [0.15, 0.2) is 42.5 Å². The Labute approximate surface area is 108 Å². The van der Waals surface area contributed by atoms with Crippen molar-refractivity contribution in [3.8, 4) is 11.5 Å². The first kappa shape index (κ1) is 12.7. The van der Waals surface area contributed by atoms with Crippen molar-refractivity contribution in [1.29, 1.82) is 0 Å². The Balaban J connectivity index is 2.28. The fourth-order valence-electron chi connectivity index (χ4n) is 1.87. The van der Waals surface area contributed by atoms with Gasteiger partial charge in [-0.3, -0.25) is 0 Å². The zero-order valence-corrected chi connectivity index (χ0v) is 10.9. The van der Waals surface area contributed by atoms with E-state index in [1.165, 1.54) is 5.56 Å². The van der Waals surface area contributed by atoms with Crippen molar-refractivity contribution < 1.29 is 4.74 Å². The van der Waals surface area contributed by atoms with E-state index in [-0.39, 0.29) is 0 Å². The number of benzene rings is 2. The van der Waals surface area contributed by atoms with Crippen LogP contribution in [0.25, 0.3) is 0 Å². The first-order valence-electron chi connectivity index (χ1n) is 6.24. The molecule has 2 aromatic rings. The van der Waals surface area contributed by atoms with Crippen LogP contribution in [-0.2, 0) is 6.42 Å². The molecule has 0 aliphatic rings. The van der Waals surface area contributed by atoms with E-state index in [1.54, 1.807) is 0 Å². The molecule has 2 rings (SSSR count). The molecule has 0 saturated heterocycles. The van der Waals surface area contributed by atoms with Gasteiger partial charge in [0.15, 0.2) is 0 Å². The lowest BCUT2D eigenvalue weighted by atomic mass is 10.1. The van der Waals surface area contributed by atoms with Gasteiger partial charge in [-0.15, -0.1) is 0 Å². The number of nitrogens with two attached hydrogens (primary N) is 1. The highest BCUT2D eigenvalue weighted by Crippen LogP contribution is 2.28. The van der Waals surface area contributed by atoms with Crippen molar-refractivity contribution in [2.45, 2.75) is 20.3 Å². The van der Waals surface area contributed by atoms with Gasteiger partial charge in [0.2, 0.25) is 0 Å². The summed E-state index contributed by atoms with van der Waals surface area (Å²) in [4.78, 5) is 0. The minimum absolute atomic E-state index is 0.660. The number of para-hydroxylation sites is 1. The van der Waals surface area contributed by atoms with Gasteiger partial charge in [0.05, 0.1) is 0 Å². The summed E-state index contributed by atoms with van der Waals surface area (Å²) in [6.45, 7) is 4.76. The maximum absolute atomic E-state index is 5.99. The third-order valence-electron chi connectivity index (χ3n) is 3.00. The maximum Gasteiger partial charge on any atom is 0.130 e. The Hall–Kier alpha value is -1.80. The van der Waals surface area contributed by atoms with Gasteiger partial charge in [-0.05, 0) is 55.6 Å². The van der Waals surface area contributed by atoms with E-state index in [9.17, 15) is 0 Å². The van der Waals surface area contributed by atoms with Crippen LogP contribution >= 0.6 is 0 Å². The number of rotatable bonds is 4. The Morgan fingerprint density at radius 1 is 0.944 bits per heavy atom. The molecule has 2 N–H and O–H groups in total. The van der Waals surface area contributed by atoms with Crippen LogP contribution < -0.4 is 10.5 Å². The molecule has 0 amide bonds. The molecule has 2 aromatic carbocycles. The Bertz CT molecular complexity index is 534. The normalized spacial score (nSPS) is 10.4. The van der Waals surface area contributed by atoms with Crippen LogP contribution in [0.1, 0.15) is 16.7 Å². The smallest absolute Gasteiger partial charge is 0.130 e. The summed E-state index contributed by atoms with van der Waals surface area (Å²) in [6.07, 6.45) is 0.879. The van der Waals surface area contributed by atoms with Crippen LogP contribution in [-0.4, -0.2) is 6.54 Å². The SMILES string of the molecule is Cc1ccccc1Oc1cc(CCN)ccc1C. The lowest BCUT2D eigenvalue weighted by Crippen LogP contribution is -2.03. The van der Waals surface area contributed by atoms with Gasteiger partial charge < -0.3 is 10.5 Å². The summed E-state index contributed by atoms with van der Waals surface area (Å²) in [5.41, 5.74) is 9.08. The molecule has 0 bridgehead atoms. The van der Waals surface area contributed by atoms with Crippen molar-refractivity contribution in [2.75, 3.05) is 6.54 Å². The van der Waals surface area contributed by atoms with Gasteiger partial charge in [0.25, 0.3) is 0 Å². The van der Waals surface area contributed by atoms with Gasteiger partial charge in [-0.1, -0.05) is 30.3 Å². The summed E-state index contributed by atoms with van der Waals surface area (Å²) < 4.78 is 5.99. The maximum atomic E-state index is 5.99. The monoisotopic (exact) mass is 241 g/mol. The Morgan fingerprint density at radius 3 is 2.39 bits per heavy atom. The van der Waals surface area contributed by atoms with Gasteiger partial charge in [0.1, 0.15) is 11.5 Å². The van der Waals surface area contributed by atoms with Gasteiger partial charge in [0, 0.05) is 0 Å². The predicted molar refractivity (Wildman–Crippen MR) is 75.2 cm³/mol. The molecular formula is C16H19NO. The van der Waals surface area contributed by atoms with Crippen molar-refractivity contribution in [1.82, 2.24) is 0 Å². The molecular weight excluding hydrogens is 222 g/mol. The molecule has 0 unspecified atom stereocenters. The number of ether oxygens (including phenoxy) is 1. The van der Waals surface area contributed by atoms with E-state index >= 15 is 0 Å². The predicted octanol–water partition coefficient (Wildman–Crippen LogP) is 3.60. The number of hydrogen-bond acceptors (Lipinski definition) is 2. The fourth-order valence-corrected chi connectivity index (χ4v) is 1.87. The van der Waals surface area contributed by atoms with Crippen molar-refractivity contribution in [2.24, 2.45) is 5.73 Å². The molecule has 0 aliphatic carbocycles. The highest BCUT2D eigenvalue weighted by molar-refractivity contribution is 5.42. The van der Waals surface area contributed by atoms with E-state index in [2.05, 4.69) is 38.1 Å². The summed E-state index contributed by atoms with van der Waals surface area (Å²) in [6, 6.07) is 14.3. The van der Waals surface area contributed by atoms with E-state index in [1.807, 2.05) is 18.2 Å². The van der Waals surface area contributed by atoms with Gasteiger partial charge in [-0.2, -0.15) is 0 Å². The quantitative estimate of drug-likeness (QED) is 0.887. The van der Waals surface area contributed by atoms with E-state index in [0.717, 1.165) is 29.0 Å². The van der Waals surface area contributed by atoms with Crippen molar-refractivity contribution in [3.63, 3.8) is 0 Å². The third kappa shape index (κ3) is 2.90. The van der Waals surface area contributed by atoms with Crippen LogP contribution in [0.5, 0.6) is 11.5 Å². The topological polar surface area (TPSA) is 35.2 Å². The summed E-state index contributed by atoms with van der Waals surface area (Å²) in [5, 5.41) is 0. The van der Waals surface area contributed by atoms with Gasteiger partial charge >= 0.3 is 0 Å². The number of hydrogen-bond donors (Lipinski definition) is 1. The lowest BCUT2D eigenvalue weighted by Gasteiger charge is -2.12. The standard InChI is InChI=1S/C16H19NO/c1-12-5-3-4-6-15(12)18-16-11-14(9-10-17)8-7-13(16)2/h3-8,11H,9-10,17H2,1-2H3. The largest absolute Gasteiger partial charge is 0.457 e.